The van der Waals surface area contributed by atoms with E-state index < -0.39 is 0 Å². The van der Waals surface area contributed by atoms with Gasteiger partial charge >= 0.3 is 0 Å². The van der Waals surface area contributed by atoms with E-state index in [-0.39, 0.29) is 10.9 Å². The first-order valence-corrected chi connectivity index (χ1v) is 8.02. The molecule has 2 aromatic rings. The Hall–Kier alpha value is -1.35. The van der Waals surface area contributed by atoms with Crippen LogP contribution in [0.3, 0.4) is 0 Å². The van der Waals surface area contributed by atoms with Crippen molar-refractivity contribution in [3.8, 4) is 0 Å². The fraction of sp³-hybridized carbons (Fsp3) is 0.529. The SMILES string of the molecule is CCC(Cl)c1nc2ccccc2c(=O)n1CC(C)C(C)C. The number of halogens is 1. The van der Waals surface area contributed by atoms with Gasteiger partial charge in [-0.15, -0.1) is 11.6 Å². The van der Waals surface area contributed by atoms with Gasteiger partial charge in [-0.1, -0.05) is 39.8 Å². The lowest BCUT2D eigenvalue weighted by Gasteiger charge is -2.21. The fourth-order valence-electron chi connectivity index (χ4n) is 2.28. The van der Waals surface area contributed by atoms with Crippen LogP contribution in [0.2, 0.25) is 0 Å². The third-order valence-electron chi connectivity index (χ3n) is 4.14. The minimum Gasteiger partial charge on any atom is -0.295 e. The summed E-state index contributed by atoms with van der Waals surface area (Å²) in [6.07, 6.45) is 0.752. The summed E-state index contributed by atoms with van der Waals surface area (Å²) in [5.41, 5.74) is 0.743. The van der Waals surface area contributed by atoms with Crippen molar-refractivity contribution >= 4 is 22.5 Å². The average Bonchev–Trinajstić information content (AvgIpc) is 2.48. The van der Waals surface area contributed by atoms with E-state index in [1.54, 1.807) is 4.57 Å². The van der Waals surface area contributed by atoms with Gasteiger partial charge < -0.3 is 0 Å². The number of alkyl halides is 1. The maximum absolute atomic E-state index is 12.8. The summed E-state index contributed by atoms with van der Waals surface area (Å²) in [7, 11) is 0. The number of rotatable bonds is 5. The first kappa shape index (κ1) is 16.0. The molecule has 0 N–H and O–H groups in total. The lowest BCUT2D eigenvalue weighted by Crippen LogP contribution is -2.29. The van der Waals surface area contributed by atoms with Crippen LogP contribution in [0.25, 0.3) is 10.9 Å². The van der Waals surface area contributed by atoms with Crippen LogP contribution < -0.4 is 5.56 Å². The molecule has 0 saturated carbocycles. The summed E-state index contributed by atoms with van der Waals surface area (Å²) in [5, 5.41) is 0.429. The van der Waals surface area contributed by atoms with Gasteiger partial charge in [0.05, 0.1) is 16.3 Å². The zero-order valence-corrected chi connectivity index (χ0v) is 13.9. The first-order chi connectivity index (χ1) is 9.95. The molecule has 0 fully saturated rings. The third-order valence-corrected chi connectivity index (χ3v) is 4.64. The Balaban J connectivity index is 2.64. The van der Waals surface area contributed by atoms with Crippen LogP contribution in [0, 0.1) is 11.8 Å². The van der Waals surface area contributed by atoms with Gasteiger partial charge in [-0.05, 0) is 30.4 Å². The molecule has 0 aliphatic heterocycles. The number of nitrogens with zero attached hydrogens (tertiary/aromatic N) is 2. The van der Waals surface area contributed by atoms with Gasteiger partial charge in [-0.3, -0.25) is 9.36 Å². The van der Waals surface area contributed by atoms with Crippen molar-refractivity contribution in [1.29, 1.82) is 0 Å². The summed E-state index contributed by atoms with van der Waals surface area (Å²) in [4.78, 5) is 17.4. The van der Waals surface area contributed by atoms with Crippen molar-refractivity contribution in [2.75, 3.05) is 0 Å². The Morgan fingerprint density at radius 3 is 2.52 bits per heavy atom. The van der Waals surface area contributed by atoms with E-state index >= 15 is 0 Å². The second-order valence-electron chi connectivity index (χ2n) is 6.00. The molecule has 1 heterocycles. The van der Waals surface area contributed by atoms with Crippen molar-refractivity contribution in [3.05, 3.63) is 40.4 Å². The Bertz CT molecular complexity index is 678. The molecule has 0 spiro atoms. The maximum atomic E-state index is 12.8. The Labute approximate surface area is 131 Å². The van der Waals surface area contributed by atoms with Gasteiger partial charge in [0.2, 0.25) is 0 Å². The van der Waals surface area contributed by atoms with E-state index in [1.165, 1.54) is 0 Å². The van der Waals surface area contributed by atoms with E-state index in [4.69, 9.17) is 11.6 Å². The van der Waals surface area contributed by atoms with Crippen molar-refractivity contribution < 1.29 is 0 Å². The highest BCUT2D eigenvalue weighted by Crippen LogP contribution is 2.24. The van der Waals surface area contributed by atoms with Gasteiger partial charge in [0.1, 0.15) is 5.82 Å². The number of aromatic nitrogens is 2. The molecular formula is C17H23ClN2O. The summed E-state index contributed by atoms with van der Waals surface area (Å²) >= 11 is 6.41. The van der Waals surface area contributed by atoms with Crippen molar-refractivity contribution in [2.24, 2.45) is 11.8 Å². The Morgan fingerprint density at radius 1 is 1.24 bits per heavy atom. The Morgan fingerprint density at radius 2 is 1.90 bits per heavy atom. The highest BCUT2D eigenvalue weighted by molar-refractivity contribution is 6.20. The van der Waals surface area contributed by atoms with Crippen molar-refractivity contribution in [2.45, 2.75) is 46.0 Å². The monoisotopic (exact) mass is 306 g/mol. The van der Waals surface area contributed by atoms with Crippen LogP contribution >= 0.6 is 11.6 Å². The van der Waals surface area contributed by atoms with Crippen molar-refractivity contribution in [1.82, 2.24) is 9.55 Å². The van der Waals surface area contributed by atoms with Crippen LogP contribution in [-0.4, -0.2) is 9.55 Å². The Kier molecular flexibility index (Phi) is 5.04. The van der Waals surface area contributed by atoms with Crippen LogP contribution in [0.15, 0.2) is 29.1 Å². The van der Waals surface area contributed by atoms with Crippen molar-refractivity contribution in [3.63, 3.8) is 0 Å². The molecule has 1 aromatic heterocycles. The van der Waals surface area contributed by atoms with E-state index in [9.17, 15) is 4.79 Å². The average molecular weight is 307 g/mol. The van der Waals surface area contributed by atoms with Crippen LogP contribution in [0.4, 0.5) is 0 Å². The predicted octanol–water partition coefficient (Wildman–Crippen LogP) is 4.38. The van der Waals surface area contributed by atoms with E-state index in [0.29, 0.717) is 29.6 Å². The highest BCUT2D eigenvalue weighted by atomic mass is 35.5. The molecule has 0 saturated heterocycles. The molecular weight excluding hydrogens is 284 g/mol. The normalized spacial score (nSPS) is 14.6. The minimum atomic E-state index is -0.235. The molecule has 3 nitrogen and oxygen atoms in total. The molecule has 0 aliphatic rings. The van der Waals surface area contributed by atoms with E-state index in [2.05, 4.69) is 25.8 Å². The second kappa shape index (κ2) is 6.61. The molecule has 2 unspecified atom stereocenters. The summed E-state index contributed by atoms with van der Waals surface area (Å²) in [5.74, 6) is 1.59. The van der Waals surface area contributed by atoms with Gasteiger partial charge in [-0.2, -0.15) is 0 Å². The standard InChI is InChI=1S/C17H23ClN2O/c1-5-14(18)16-19-15-9-7-6-8-13(15)17(21)20(16)10-12(4)11(2)3/h6-9,11-12,14H,5,10H2,1-4H3. The molecule has 1 aromatic carbocycles. The first-order valence-electron chi connectivity index (χ1n) is 7.59. The van der Waals surface area contributed by atoms with Gasteiger partial charge in [-0.25, -0.2) is 4.98 Å². The molecule has 114 valence electrons. The predicted molar refractivity (Wildman–Crippen MR) is 88.9 cm³/mol. The second-order valence-corrected chi connectivity index (χ2v) is 6.53. The lowest BCUT2D eigenvalue weighted by molar-refractivity contribution is 0.352. The fourth-order valence-corrected chi connectivity index (χ4v) is 2.45. The number of para-hydroxylation sites is 1. The molecule has 0 aliphatic carbocycles. The van der Waals surface area contributed by atoms with Crippen LogP contribution in [0.1, 0.15) is 45.3 Å². The molecule has 2 atom stereocenters. The van der Waals surface area contributed by atoms with E-state index in [0.717, 1.165) is 11.9 Å². The zero-order valence-electron chi connectivity index (χ0n) is 13.1. The minimum absolute atomic E-state index is 0.0159. The van der Waals surface area contributed by atoms with E-state index in [1.807, 2.05) is 31.2 Å². The third kappa shape index (κ3) is 3.29. The highest BCUT2D eigenvalue weighted by Gasteiger charge is 2.19. The summed E-state index contributed by atoms with van der Waals surface area (Å²) in [6.45, 7) is 9.16. The molecule has 4 heteroatoms. The number of benzene rings is 1. The molecule has 0 amide bonds. The molecule has 21 heavy (non-hydrogen) atoms. The van der Waals surface area contributed by atoms with Gasteiger partial charge in [0.15, 0.2) is 0 Å². The van der Waals surface area contributed by atoms with Crippen LogP contribution in [-0.2, 0) is 6.54 Å². The molecule has 0 radical (unpaired) electrons. The molecule has 0 bridgehead atoms. The summed E-state index contributed by atoms with van der Waals surface area (Å²) < 4.78 is 1.77. The largest absolute Gasteiger partial charge is 0.295 e. The topological polar surface area (TPSA) is 34.9 Å². The zero-order chi connectivity index (χ0) is 15.6. The maximum Gasteiger partial charge on any atom is 0.261 e. The smallest absolute Gasteiger partial charge is 0.261 e. The summed E-state index contributed by atoms with van der Waals surface area (Å²) in [6, 6.07) is 7.48. The van der Waals surface area contributed by atoms with Gasteiger partial charge in [0.25, 0.3) is 5.56 Å². The lowest BCUT2D eigenvalue weighted by atomic mass is 9.98. The number of hydrogen-bond acceptors (Lipinski definition) is 2. The van der Waals surface area contributed by atoms with Crippen LogP contribution in [0.5, 0.6) is 0 Å². The number of fused-ring (bicyclic) bond motifs is 1. The molecule has 2 rings (SSSR count). The van der Waals surface area contributed by atoms with Gasteiger partial charge in [0, 0.05) is 6.54 Å². The quantitative estimate of drug-likeness (QED) is 0.768. The number of hydrogen-bond donors (Lipinski definition) is 0.